The number of rotatable bonds is 11. The molecule has 7 rings (SSSR count). The van der Waals surface area contributed by atoms with Gasteiger partial charge < -0.3 is 24.6 Å². The standard InChI is InChI=1S/C47H56ClN5O5/c1-47(2,3)58-46(56)53-26-22-41-38(15-10-16-42(41)53)32-51-27-29-52(30-28-51)44(54)43(49-45(55)57-33-34-11-6-4-7-12-34)36-19-23-50(24-20-36)25-21-37-31-39(48)17-18-40(37)35-13-8-5-9-14-35/h4-18,31,36,43H,19-30,32-33H2,1-3H3,(H,49,55)/t43-/m1/s1. The summed E-state index contributed by atoms with van der Waals surface area (Å²) in [4.78, 5) is 49.1. The second kappa shape index (κ2) is 18.8. The second-order valence-corrected chi connectivity index (χ2v) is 17.1. The first-order valence-electron chi connectivity index (χ1n) is 20.7. The highest BCUT2D eigenvalue weighted by atomic mass is 35.5. The fraction of sp³-hybridized carbons (Fsp3) is 0.426. The van der Waals surface area contributed by atoms with Gasteiger partial charge in [-0.2, -0.15) is 0 Å². The monoisotopic (exact) mass is 805 g/mol. The fourth-order valence-corrected chi connectivity index (χ4v) is 8.65. The largest absolute Gasteiger partial charge is 0.445 e. The second-order valence-electron chi connectivity index (χ2n) is 16.7. The van der Waals surface area contributed by atoms with E-state index in [1.807, 2.05) is 80.3 Å². The molecule has 0 aromatic heterocycles. The summed E-state index contributed by atoms with van der Waals surface area (Å²) in [5.74, 6) is -0.0632. The number of halogens is 1. The normalized spacial score (nSPS) is 17.1. The minimum absolute atomic E-state index is 0.0167. The number of piperidine rings is 1. The number of carbonyl (C=O) groups excluding carboxylic acids is 3. The maximum atomic E-state index is 14.4. The summed E-state index contributed by atoms with van der Waals surface area (Å²) in [5.41, 5.74) is 7.22. The number of amides is 3. The van der Waals surface area contributed by atoms with E-state index in [1.54, 1.807) is 4.90 Å². The molecule has 0 saturated carbocycles. The van der Waals surface area contributed by atoms with E-state index < -0.39 is 17.7 Å². The summed E-state index contributed by atoms with van der Waals surface area (Å²) < 4.78 is 11.3. The molecule has 1 atom stereocenters. The number of nitrogens with one attached hydrogen (secondary N) is 1. The van der Waals surface area contributed by atoms with E-state index in [-0.39, 0.29) is 24.5 Å². The van der Waals surface area contributed by atoms with Gasteiger partial charge in [-0.25, -0.2) is 9.59 Å². The van der Waals surface area contributed by atoms with Crippen molar-refractivity contribution in [3.63, 3.8) is 0 Å². The molecule has 3 heterocycles. The maximum absolute atomic E-state index is 14.4. The molecule has 3 aliphatic rings. The lowest BCUT2D eigenvalue weighted by molar-refractivity contribution is -0.137. The molecule has 4 aromatic rings. The van der Waals surface area contributed by atoms with Gasteiger partial charge >= 0.3 is 12.2 Å². The highest BCUT2D eigenvalue weighted by Crippen LogP contribution is 2.33. The Morgan fingerprint density at radius 2 is 1.50 bits per heavy atom. The highest BCUT2D eigenvalue weighted by molar-refractivity contribution is 6.30. The van der Waals surface area contributed by atoms with Gasteiger partial charge in [0.05, 0.1) is 5.69 Å². The minimum atomic E-state index is -0.675. The summed E-state index contributed by atoms with van der Waals surface area (Å²) in [7, 11) is 0. The predicted octanol–water partition coefficient (Wildman–Crippen LogP) is 8.20. The number of hydrogen-bond donors (Lipinski definition) is 1. The summed E-state index contributed by atoms with van der Waals surface area (Å²) in [5, 5.41) is 3.76. The molecule has 0 radical (unpaired) electrons. The van der Waals surface area contributed by atoms with Crippen LogP contribution in [0.2, 0.25) is 5.02 Å². The third kappa shape index (κ3) is 10.6. The number of carbonyl (C=O) groups is 3. The zero-order chi connectivity index (χ0) is 40.6. The topological polar surface area (TPSA) is 94.7 Å². The molecule has 0 bridgehead atoms. The lowest BCUT2D eigenvalue weighted by atomic mass is 9.88. The number of piperazine rings is 1. The molecule has 1 N–H and O–H groups in total. The first kappa shape index (κ1) is 41.3. The zero-order valence-electron chi connectivity index (χ0n) is 34.0. The minimum Gasteiger partial charge on any atom is -0.445 e. The number of alkyl carbamates (subject to hydrolysis) is 1. The summed E-state index contributed by atoms with van der Waals surface area (Å²) >= 11 is 6.45. The quantitative estimate of drug-likeness (QED) is 0.163. The van der Waals surface area contributed by atoms with Gasteiger partial charge in [-0.3, -0.25) is 14.6 Å². The Labute approximate surface area is 348 Å². The van der Waals surface area contributed by atoms with Crippen molar-refractivity contribution in [2.45, 2.75) is 71.2 Å². The number of hydrogen-bond acceptors (Lipinski definition) is 7. The number of likely N-dealkylation sites (tertiary alicyclic amines) is 1. The van der Waals surface area contributed by atoms with Crippen molar-refractivity contribution in [3.8, 4) is 11.1 Å². The molecule has 10 nitrogen and oxygen atoms in total. The molecule has 0 aliphatic carbocycles. The molecule has 306 valence electrons. The molecule has 11 heteroatoms. The lowest BCUT2D eigenvalue weighted by Crippen LogP contribution is -2.58. The molecule has 0 spiro atoms. The third-order valence-electron chi connectivity index (χ3n) is 11.5. The average Bonchev–Trinajstić information content (AvgIpc) is 3.67. The van der Waals surface area contributed by atoms with Gasteiger partial charge in [0, 0.05) is 50.8 Å². The highest BCUT2D eigenvalue weighted by Gasteiger charge is 2.37. The Kier molecular flexibility index (Phi) is 13.4. The van der Waals surface area contributed by atoms with Crippen LogP contribution in [0.5, 0.6) is 0 Å². The number of anilines is 1. The Morgan fingerprint density at radius 3 is 2.21 bits per heavy atom. The van der Waals surface area contributed by atoms with Crippen molar-refractivity contribution in [1.29, 1.82) is 0 Å². The molecule has 4 aromatic carbocycles. The maximum Gasteiger partial charge on any atom is 0.414 e. The molecule has 2 saturated heterocycles. The van der Waals surface area contributed by atoms with Crippen molar-refractivity contribution in [2.75, 3.05) is 57.3 Å². The molecule has 2 fully saturated rings. The average molecular weight is 806 g/mol. The van der Waals surface area contributed by atoms with Gasteiger partial charge in [-0.1, -0.05) is 90.5 Å². The van der Waals surface area contributed by atoms with Crippen molar-refractivity contribution in [2.24, 2.45) is 5.92 Å². The van der Waals surface area contributed by atoms with Gasteiger partial charge in [0.15, 0.2) is 0 Å². The fourth-order valence-electron chi connectivity index (χ4n) is 8.46. The van der Waals surface area contributed by atoms with Crippen molar-refractivity contribution in [1.82, 2.24) is 20.0 Å². The Morgan fingerprint density at radius 1 is 0.793 bits per heavy atom. The van der Waals surface area contributed by atoms with Crippen LogP contribution in [0.4, 0.5) is 15.3 Å². The lowest BCUT2D eigenvalue weighted by Gasteiger charge is -2.40. The van der Waals surface area contributed by atoms with Crippen molar-refractivity contribution in [3.05, 3.63) is 124 Å². The molecule has 0 unspecified atom stereocenters. The SMILES string of the molecule is CC(C)(C)OC(=O)N1CCc2c(CN3CCN(C(=O)[C@H](NC(=O)OCc4ccccc4)C4CCN(CCc5cc(Cl)ccc5-c5ccccc5)CC4)CC3)cccc21. The summed E-state index contributed by atoms with van der Waals surface area (Å²) in [6.07, 6.45) is 2.33. The van der Waals surface area contributed by atoms with Crippen LogP contribution < -0.4 is 10.2 Å². The molecular weight excluding hydrogens is 750 g/mol. The number of fused-ring (bicyclic) bond motifs is 1. The van der Waals surface area contributed by atoms with Crippen LogP contribution in [-0.4, -0.2) is 96.8 Å². The van der Waals surface area contributed by atoms with E-state index in [0.29, 0.717) is 32.7 Å². The van der Waals surface area contributed by atoms with Crippen molar-refractivity contribution >= 4 is 35.4 Å². The van der Waals surface area contributed by atoms with E-state index in [9.17, 15) is 14.4 Å². The Bertz CT molecular complexity index is 2020. The smallest absolute Gasteiger partial charge is 0.414 e. The van der Waals surface area contributed by atoms with Gasteiger partial charge in [-0.05, 0) is 117 Å². The summed E-state index contributed by atoms with van der Waals surface area (Å²) in [6, 6.07) is 31.6. The number of ether oxygens (including phenoxy) is 2. The van der Waals surface area contributed by atoms with Crippen LogP contribution in [0.15, 0.2) is 97.1 Å². The van der Waals surface area contributed by atoms with Crippen LogP contribution in [0, 0.1) is 5.92 Å². The van der Waals surface area contributed by atoms with Crippen LogP contribution >= 0.6 is 11.6 Å². The van der Waals surface area contributed by atoms with Gasteiger partial charge in [0.1, 0.15) is 18.2 Å². The van der Waals surface area contributed by atoms with Crippen molar-refractivity contribution < 1.29 is 23.9 Å². The number of benzene rings is 4. The zero-order valence-corrected chi connectivity index (χ0v) is 34.8. The van der Waals surface area contributed by atoms with E-state index in [1.165, 1.54) is 27.8 Å². The van der Waals surface area contributed by atoms with E-state index in [4.69, 9.17) is 21.1 Å². The Balaban J connectivity index is 0.967. The van der Waals surface area contributed by atoms with Crippen LogP contribution in [0.25, 0.3) is 11.1 Å². The third-order valence-corrected chi connectivity index (χ3v) is 11.8. The van der Waals surface area contributed by atoms with Gasteiger partial charge in [-0.15, -0.1) is 0 Å². The van der Waals surface area contributed by atoms with Gasteiger partial charge in [0.25, 0.3) is 0 Å². The Hall–Kier alpha value is -4.90. The van der Waals surface area contributed by atoms with Crippen LogP contribution in [0.1, 0.15) is 55.9 Å². The van der Waals surface area contributed by atoms with E-state index in [0.717, 1.165) is 68.1 Å². The first-order valence-corrected chi connectivity index (χ1v) is 21.0. The predicted molar refractivity (Wildman–Crippen MR) is 229 cm³/mol. The number of nitrogens with zero attached hydrogens (tertiary/aromatic N) is 4. The first-order chi connectivity index (χ1) is 28.0. The van der Waals surface area contributed by atoms with E-state index in [2.05, 4.69) is 57.6 Å². The van der Waals surface area contributed by atoms with Crippen LogP contribution in [-0.2, 0) is 40.3 Å². The summed E-state index contributed by atoms with van der Waals surface area (Å²) in [6.45, 7) is 12.2. The molecule has 58 heavy (non-hydrogen) atoms. The molecule has 3 amide bonds. The van der Waals surface area contributed by atoms with E-state index >= 15 is 0 Å². The molecular formula is C47H56ClN5O5. The molecule has 3 aliphatic heterocycles. The van der Waals surface area contributed by atoms with Crippen LogP contribution in [0.3, 0.4) is 0 Å². The van der Waals surface area contributed by atoms with Gasteiger partial charge in [0.2, 0.25) is 5.91 Å².